The van der Waals surface area contributed by atoms with E-state index in [-0.39, 0.29) is 18.7 Å². The van der Waals surface area contributed by atoms with Crippen molar-refractivity contribution in [2.75, 3.05) is 6.61 Å². The van der Waals surface area contributed by atoms with Crippen molar-refractivity contribution < 1.29 is 5.11 Å². The van der Waals surface area contributed by atoms with Gasteiger partial charge >= 0.3 is 0 Å². The molecular formula is C12H21N5O. The smallest absolute Gasteiger partial charge is 0.168 e. The number of tetrazole rings is 1. The minimum atomic E-state index is 0.248. The van der Waals surface area contributed by atoms with Crippen LogP contribution in [-0.2, 0) is 7.05 Å². The average Bonchev–Trinajstić information content (AvgIpc) is 3.06. The van der Waals surface area contributed by atoms with E-state index in [4.69, 9.17) is 0 Å². The van der Waals surface area contributed by atoms with Gasteiger partial charge in [0, 0.05) is 19.1 Å². The molecule has 1 aliphatic heterocycles. The zero-order chi connectivity index (χ0) is 12.5. The largest absolute Gasteiger partial charge is 0.395 e. The molecule has 0 bridgehead atoms. The van der Waals surface area contributed by atoms with E-state index in [0.717, 1.165) is 18.7 Å². The highest BCUT2D eigenvalue weighted by atomic mass is 16.3. The SMILES string of the molecule is Cn1nnnc1[C@@H]1CC[C@@H](CO)N1C1CCCC1. The van der Waals surface area contributed by atoms with Crippen molar-refractivity contribution in [2.45, 2.75) is 56.7 Å². The van der Waals surface area contributed by atoms with Crippen LogP contribution in [0.5, 0.6) is 0 Å². The molecule has 0 unspecified atom stereocenters. The Balaban J connectivity index is 1.86. The van der Waals surface area contributed by atoms with Gasteiger partial charge in [0.25, 0.3) is 0 Å². The first-order chi connectivity index (χ1) is 8.81. The Labute approximate surface area is 107 Å². The Morgan fingerprint density at radius 2 is 2.00 bits per heavy atom. The van der Waals surface area contributed by atoms with Gasteiger partial charge in [0.15, 0.2) is 5.82 Å². The molecule has 2 aliphatic rings. The molecule has 1 saturated heterocycles. The summed E-state index contributed by atoms with van der Waals surface area (Å²) in [5.41, 5.74) is 0. The fourth-order valence-corrected chi connectivity index (χ4v) is 3.62. The number of nitrogens with zero attached hydrogens (tertiary/aromatic N) is 5. The number of aliphatic hydroxyl groups is 1. The molecule has 2 atom stereocenters. The minimum absolute atomic E-state index is 0.248. The molecule has 1 saturated carbocycles. The van der Waals surface area contributed by atoms with Gasteiger partial charge in [-0.1, -0.05) is 12.8 Å². The number of aromatic nitrogens is 4. The summed E-state index contributed by atoms with van der Waals surface area (Å²) < 4.78 is 1.77. The number of rotatable bonds is 3. The van der Waals surface area contributed by atoms with Gasteiger partial charge in [-0.05, 0) is 36.1 Å². The second-order valence-corrected chi connectivity index (χ2v) is 5.48. The van der Waals surface area contributed by atoms with Crippen LogP contribution in [0.3, 0.4) is 0 Å². The van der Waals surface area contributed by atoms with Crippen molar-refractivity contribution >= 4 is 0 Å². The topological polar surface area (TPSA) is 67.1 Å². The zero-order valence-electron chi connectivity index (χ0n) is 10.9. The summed E-state index contributed by atoms with van der Waals surface area (Å²) in [5.74, 6) is 0.942. The van der Waals surface area contributed by atoms with Crippen molar-refractivity contribution in [1.29, 1.82) is 0 Å². The molecule has 0 aromatic carbocycles. The van der Waals surface area contributed by atoms with E-state index in [9.17, 15) is 5.11 Å². The zero-order valence-corrected chi connectivity index (χ0v) is 10.9. The molecule has 1 aromatic heterocycles. The summed E-state index contributed by atoms with van der Waals surface area (Å²) in [5, 5.41) is 21.4. The van der Waals surface area contributed by atoms with Gasteiger partial charge in [0.2, 0.25) is 0 Å². The minimum Gasteiger partial charge on any atom is -0.395 e. The van der Waals surface area contributed by atoms with Crippen LogP contribution < -0.4 is 0 Å². The first-order valence-corrected chi connectivity index (χ1v) is 6.92. The predicted octanol–water partition coefficient (Wildman–Crippen LogP) is 0.650. The molecule has 6 nitrogen and oxygen atoms in total. The summed E-state index contributed by atoms with van der Waals surface area (Å²) in [6.07, 6.45) is 7.21. The second-order valence-electron chi connectivity index (χ2n) is 5.48. The van der Waals surface area contributed by atoms with Crippen LogP contribution in [0.4, 0.5) is 0 Å². The van der Waals surface area contributed by atoms with Crippen molar-refractivity contribution in [2.24, 2.45) is 7.05 Å². The van der Waals surface area contributed by atoms with E-state index >= 15 is 0 Å². The van der Waals surface area contributed by atoms with Gasteiger partial charge in [-0.3, -0.25) is 4.90 Å². The average molecular weight is 251 g/mol. The normalized spacial score (nSPS) is 30.3. The van der Waals surface area contributed by atoms with Gasteiger partial charge in [0.05, 0.1) is 12.6 Å². The van der Waals surface area contributed by atoms with E-state index in [1.165, 1.54) is 25.7 Å². The highest BCUT2D eigenvalue weighted by Gasteiger charge is 2.41. The summed E-state index contributed by atoms with van der Waals surface area (Å²) in [4.78, 5) is 2.48. The van der Waals surface area contributed by atoms with E-state index in [0.29, 0.717) is 6.04 Å². The predicted molar refractivity (Wildman–Crippen MR) is 65.7 cm³/mol. The number of likely N-dealkylation sites (tertiary alicyclic amines) is 1. The molecule has 0 amide bonds. The lowest BCUT2D eigenvalue weighted by Gasteiger charge is -2.34. The lowest BCUT2D eigenvalue weighted by atomic mass is 10.1. The Morgan fingerprint density at radius 3 is 2.61 bits per heavy atom. The molecule has 3 rings (SSSR count). The summed E-state index contributed by atoms with van der Waals surface area (Å²) >= 11 is 0. The highest BCUT2D eigenvalue weighted by Crippen LogP contribution is 2.40. The van der Waals surface area contributed by atoms with Gasteiger partial charge in [-0.15, -0.1) is 5.10 Å². The molecule has 1 aliphatic carbocycles. The van der Waals surface area contributed by atoms with Gasteiger partial charge in [-0.25, -0.2) is 4.68 Å². The third-order valence-electron chi connectivity index (χ3n) is 4.46. The van der Waals surface area contributed by atoms with Crippen LogP contribution in [0, 0.1) is 0 Å². The monoisotopic (exact) mass is 251 g/mol. The number of aliphatic hydroxyl groups excluding tert-OH is 1. The highest BCUT2D eigenvalue weighted by molar-refractivity contribution is 5.02. The molecule has 2 fully saturated rings. The van der Waals surface area contributed by atoms with Crippen LogP contribution >= 0.6 is 0 Å². The number of aryl methyl sites for hydroxylation is 1. The molecule has 0 spiro atoms. The molecule has 2 heterocycles. The van der Waals surface area contributed by atoms with E-state index in [1.807, 2.05) is 7.05 Å². The molecule has 1 aromatic rings. The summed E-state index contributed by atoms with van der Waals surface area (Å²) in [7, 11) is 1.90. The van der Waals surface area contributed by atoms with Crippen LogP contribution in [0.2, 0.25) is 0 Å². The Hall–Kier alpha value is -1.01. The molecule has 0 radical (unpaired) electrons. The van der Waals surface area contributed by atoms with Crippen LogP contribution in [0.15, 0.2) is 0 Å². The maximum Gasteiger partial charge on any atom is 0.168 e. The summed E-state index contributed by atoms with van der Waals surface area (Å²) in [6, 6.07) is 1.17. The van der Waals surface area contributed by atoms with Crippen molar-refractivity contribution in [3.8, 4) is 0 Å². The first-order valence-electron chi connectivity index (χ1n) is 6.92. The maximum atomic E-state index is 9.58. The first kappa shape index (κ1) is 12.0. The lowest BCUT2D eigenvalue weighted by Crippen LogP contribution is -2.41. The third kappa shape index (κ3) is 1.93. The van der Waals surface area contributed by atoms with Crippen LogP contribution in [0.25, 0.3) is 0 Å². The van der Waals surface area contributed by atoms with Crippen molar-refractivity contribution in [3.63, 3.8) is 0 Å². The van der Waals surface area contributed by atoms with Gasteiger partial charge in [-0.2, -0.15) is 0 Å². The molecule has 1 N–H and O–H groups in total. The van der Waals surface area contributed by atoms with Crippen LogP contribution in [-0.4, -0.2) is 48.9 Å². The van der Waals surface area contributed by atoms with Gasteiger partial charge in [0.1, 0.15) is 0 Å². The maximum absolute atomic E-state index is 9.58. The fraction of sp³-hybridized carbons (Fsp3) is 0.917. The van der Waals surface area contributed by atoms with Gasteiger partial charge < -0.3 is 5.11 Å². The standard InChI is InChI=1S/C12H21N5O/c1-16-12(13-14-15-16)11-7-6-10(8-18)17(11)9-4-2-3-5-9/h9-11,18H,2-8H2,1H3/t10-,11-/m0/s1. The molecule has 18 heavy (non-hydrogen) atoms. The number of hydrogen-bond donors (Lipinski definition) is 1. The Morgan fingerprint density at radius 1 is 1.22 bits per heavy atom. The summed E-state index contributed by atoms with van der Waals surface area (Å²) in [6.45, 7) is 0.248. The third-order valence-corrected chi connectivity index (χ3v) is 4.46. The van der Waals surface area contributed by atoms with E-state index in [2.05, 4.69) is 20.4 Å². The lowest BCUT2D eigenvalue weighted by molar-refractivity contribution is 0.0824. The Kier molecular flexibility index (Phi) is 3.30. The van der Waals surface area contributed by atoms with E-state index < -0.39 is 0 Å². The Bertz CT molecular complexity index is 401. The van der Waals surface area contributed by atoms with Crippen molar-refractivity contribution in [1.82, 2.24) is 25.1 Å². The molecule has 100 valence electrons. The molecular weight excluding hydrogens is 230 g/mol. The van der Waals surface area contributed by atoms with Crippen LogP contribution in [0.1, 0.15) is 50.4 Å². The quantitative estimate of drug-likeness (QED) is 0.854. The molecule has 6 heteroatoms. The fourth-order valence-electron chi connectivity index (χ4n) is 3.62. The second kappa shape index (κ2) is 4.93. The van der Waals surface area contributed by atoms with Crippen molar-refractivity contribution in [3.05, 3.63) is 5.82 Å². The van der Waals surface area contributed by atoms with E-state index in [1.54, 1.807) is 4.68 Å². The number of hydrogen-bond acceptors (Lipinski definition) is 5.